The molecule has 0 spiro atoms. The summed E-state index contributed by atoms with van der Waals surface area (Å²) in [5.74, 6) is 1.01. The number of nitrogens with one attached hydrogen (secondary N) is 1. The highest BCUT2D eigenvalue weighted by atomic mass is 32.2. The summed E-state index contributed by atoms with van der Waals surface area (Å²) in [4.78, 5) is 28.0. The molecule has 2 amide bonds. The molecule has 168 valence electrons. The van der Waals surface area contributed by atoms with Crippen molar-refractivity contribution in [3.8, 4) is 11.5 Å². The molecule has 1 N–H and O–H groups in total. The van der Waals surface area contributed by atoms with E-state index in [1.807, 2.05) is 18.2 Å². The van der Waals surface area contributed by atoms with Crippen molar-refractivity contribution in [1.82, 2.24) is 5.32 Å². The average molecular weight is 479 g/mol. The Morgan fingerprint density at radius 2 is 1.64 bits per heavy atom. The molecule has 1 unspecified atom stereocenters. The number of benzene rings is 3. The van der Waals surface area contributed by atoms with E-state index in [9.17, 15) is 9.59 Å². The molecule has 2 heterocycles. The number of nitrogens with zero attached hydrogens (tertiary/aromatic N) is 1. The van der Waals surface area contributed by atoms with E-state index in [0.717, 1.165) is 17.3 Å². The topological polar surface area (TPSA) is 67.9 Å². The number of ether oxygens (including phenoxy) is 2. The lowest BCUT2D eigenvalue weighted by Gasteiger charge is -2.32. The number of thioether (sulfide) groups is 1. The first kappa shape index (κ1) is 21.7. The minimum Gasteiger partial charge on any atom is -0.493 e. The number of hydrogen-bond acceptors (Lipinski definition) is 7. The fraction of sp³-hybridized carbons (Fsp3) is 0.200. The maximum absolute atomic E-state index is 11.9. The zero-order valence-corrected chi connectivity index (χ0v) is 19.6. The highest BCUT2D eigenvalue weighted by Crippen LogP contribution is 2.47. The second kappa shape index (κ2) is 9.41. The van der Waals surface area contributed by atoms with Gasteiger partial charge in [0.25, 0.3) is 5.24 Å². The van der Waals surface area contributed by atoms with E-state index < -0.39 is 5.25 Å². The van der Waals surface area contributed by atoms with Crippen LogP contribution in [-0.2, 0) is 11.2 Å². The van der Waals surface area contributed by atoms with E-state index >= 15 is 0 Å². The molecule has 1 atom stereocenters. The van der Waals surface area contributed by atoms with Crippen molar-refractivity contribution < 1.29 is 19.1 Å². The Morgan fingerprint density at radius 1 is 0.939 bits per heavy atom. The summed E-state index contributed by atoms with van der Waals surface area (Å²) in [6.45, 7) is 1.15. The Bertz CT molecular complexity index is 1170. The second-order valence-electron chi connectivity index (χ2n) is 7.61. The highest BCUT2D eigenvalue weighted by molar-refractivity contribution is 8.15. The number of anilines is 2. The monoisotopic (exact) mass is 478 g/mol. The van der Waals surface area contributed by atoms with Gasteiger partial charge in [-0.15, -0.1) is 0 Å². The zero-order valence-electron chi connectivity index (χ0n) is 17.9. The Balaban J connectivity index is 1.29. The average Bonchev–Trinajstić information content (AvgIpc) is 3.15. The molecule has 0 bridgehead atoms. The molecule has 2 aliphatic heterocycles. The maximum atomic E-state index is 11.9. The first-order valence-electron chi connectivity index (χ1n) is 10.6. The zero-order chi connectivity index (χ0) is 22.8. The third-order valence-electron chi connectivity index (χ3n) is 5.52. The lowest BCUT2D eigenvalue weighted by atomic mass is 10.1. The summed E-state index contributed by atoms with van der Waals surface area (Å²) >= 11 is 2.81. The predicted octanol–water partition coefficient (Wildman–Crippen LogP) is 5.27. The Hall–Kier alpha value is -3.10. The molecule has 6 nitrogen and oxygen atoms in total. The number of fused-ring (bicyclic) bond motifs is 2. The number of imide groups is 1. The van der Waals surface area contributed by atoms with Gasteiger partial charge in [-0.25, -0.2) is 0 Å². The molecular formula is C25H22N2O4S2. The third kappa shape index (κ3) is 4.54. The largest absolute Gasteiger partial charge is 0.493 e. The van der Waals surface area contributed by atoms with E-state index in [2.05, 4.69) is 58.7 Å². The molecule has 33 heavy (non-hydrogen) atoms. The first-order chi connectivity index (χ1) is 16.1. The van der Waals surface area contributed by atoms with Gasteiger partial charge in [-0.3, -0.25) is 14.9 Å². The van der Waals surface area contributed by atoms with Crippen LogP contribution in [0.5, 0.6) is 11.5 Å². The van der Waals surface area contributed by atoms with Crippen LogP contribution in [0.15, 0.2) is 76.5 Å². The van der Waals surface area contributed by atoms with E-state index in [0.29, 0.717) is 31.1 Å². The van der Waals surface area contributed by atoms with Crippen LogP contribution in [0.25, 0.3) is 0 Å². The summed E-state index contributed by atoms with van der Waals surface area (Å²) in [7, 11) is 1.60. The van der Waals surface area contributed by atoms with Crippen LogP contribution in [0.3, 0.4) is 0 Å². The molecule has 0 radical (unpaired) electrons. The third-order valence-corrected chi connectivity index (χ3v) is 7.63. The normalized spacial score (nSPS) is 16.8. The van der Waals surface area contributed by atoms with E-state index in [-0.39, 0.29) is 11.1 Å². The molecule has 5 rings (SSSR count). The van der Waals surface area contributed by atoms with E-state index in [4.69, 9.17) is 9.47 Å². The summed E-state index contributed by atoms with van der Waals surface area (Å²) in [6.07, 6.45) is 0.456. The first-order valence-corrected chi connectivity index (χ1v) is 12.3. The van der Waals surface area contributed by atoms with Crippen LogP contribution in [0, 0.1) is 0 Å². The molecule has 1 fully saturated rings. The lowest BCUT2D eigenvalue weighted by molar-refractivity contribution is -0.118. The summed E-state index contributed by atoms with van der Waals surface area (Å²) in [5.41, 5.74) is 3.26. The van der Waals surface area contributed by atoms with Crippen molar-refractivity contribution >= 4 is 46.0 Å². The molecular weight excluding hydrogens is 456 g/mol. The van der Waals surface area contributed by atoms with Crippen LogP contribution >= 0.6 is 23.5 Å². The SMILES string of the molecule is COc1cc(CC2SC(=O)NC2=O)ccc1OCCN1c2ccccc2Sc2ccccc21. The Kier molecular flexibility index (Phi) is 6.20. The van der Waals surface area contributed by atoms with Crippen molar-refractivity contribution in [1.29, 1.82) is 0 Å². The van der Waals surface area contributed by atoms with Crippen LogP contribution < -0.4 is 19.7 Å². The van der Waals surface area contributed by atoms with Gasteiger partial charge < -0.3 is 14.4 Å². The number of methoxy groups -OCH3 is 1. The van der Waals surface area contributed by atoms with Gasteiger partial charge in [0.05, 0.1) is 30.3 Å². The van der Waals surface area contributed by atoms with Gasteiger partial charge in [0.15, 0.2) is 11.5 Å². The summed E-state index contributed by atoms with van der Waals surface area (Å²) in [5, 5.41) is 1.62. The predicted molar refractivity (Wildman–Crippen MR) is 131 cm³/mol. The Labute approximate surface area is 200 Å². The standard InChI is InChI=1S/C25H22N2O4S2/c1-30-20-14-16(15-23-24(28)26-25(29)33-23)10-11-19(20)31-13-12-27-17-6-2-4-8-21(17)32-22-9-5-3-7-18(22)27/h2-11,14,23H,12-13,15H2,1H3,(H,26,28,29). The number of amides is 2. The highest BCUT2D eigenvalue weighted by Gasteiger charge is 2.31. The molecule has 0 aromatic heterocycles. The molecule has 0 aliphatic carbocycles. The van der Waals surface area contributed by atoms with Gasteiger partial charge >= 0.3 is 0 Å². The van der Waals surface area contributed by atoms with Crippen molar-refractivity contribution in [2.24, 2.45) is 0 Å². The van der Waals surface area contributed by atoms with Crippen molar-refractivity contribution in [2.45, 2.75) is 21.5 Å². The van der Waals surface area contributed by atoms with E-state index in [1.165, 1.54) is 21.2 Å². The molecule has 8 heteroatoms. The van der Waals surface area contributed by atoms with Crippen LogP contribution in [0.1, 0.15) is 5.56 Å². The van der Waals surface area contributed by atoms with E-state index in [1.54, 1.807) is 18.9 Å². The van der Waals surface area contributed by atoms with Crippen LogP contribution in [-0.4, -0.2) is 36.7 Å². The molecule has 3 aromatic rings. The number of carbonyl (C=O) groups excluding carboxylic acids is 2. The van der Waals surface area contributed by atoms with Gasteiger partial charge in [0, 0.05) is 9.79 Å². The fourth-order valence-corrected chi connectivity index (χ4v) is 5.92. The maximum Gasteiger partial charge on any atom is 0.286 e. The van der Waals surface area contributed by atoms with Gasteiger partial charge in [0.1, 0.15) is 6.61 Å². The number of carbonyl (C=O) groups is 2. The smallest absolute Gasteiger partial charge is 0.286 e. The van der Waals surface area contributed by atoms with Gasteiger partial charge in [-0.2, -0.15) is 0 Å². The van der Waals surface area contributed by atoms with Crippen molar-refractivity contribution in [3.63, 3.8) is 0 Å². The number of para-hydroxylation sites is 2. The Morgan fingerprint density at radius 3 is 2.27 bits per heavy atom. The summed E-state index contributed by atoms with van der Waals surface area (Å²) < 4.78 is 11.6. The lowest BCUT2D eigenvalue weighted by Crippen LogP contribution is -2.26. The summed E-state index contributed by atoms with van der Waals surface area (Å²) in [6, 6.07) is 22.4. The van der Waals surface area contributed by atoms with Crippen molar-refractivity contribution in [3.05, 3.63) is 72.3 Å². The molecule has 3 aromatic carbocycles. The van der Waals surface area contributed by atoms with Gasteiger partial charge in [0.2, 0.25) is 5.91 Å². The molecule has 1 saturated heterocycles. The quantitative estimate of drug-likeness (QED) is 0.496. The number of rotatable bonds is 7. The number of hydrogen-bond donors (Lipinski definition) is 1. The second-order valence-corrected chi connectivity index (χ2v) is 9.87. The van der Waals surface area contributed by atoms with Gasteiger partial charge in [-0.05, 0) is 48.4 Å². The molecule has 2 aliphatic rings. The van der Waals surface area contributed by atoms with Crippen LogP contribution in [0.2, 0.25) is 0 Å². The minimum atomic E-state index is -0.411. The van der Waals surface area contributed by atoms with Crippen molar-refractivity contribution in [2.75, 3.05) is 25.2 Å². The van der Waals surface area contributed by atoms with Crippen LogP contribution in [0.4, 0.5) is 16.2 Å². The fourth-order valence-electron chi connectivity index (χ4n) is 3.97. The van der Waals surface area contributed by atoms with Gasteiger partial charge in [-0.1, -0.05) is 53.9 Å². The minimum absolute atomic E-state index is 0.246. The molecule has 0 saturated carbocycles.